The molecule has 0 radical (unpaired) electrons. The van der Waals surface area contributed by atoms with Crippen molar-refractivity contribution in [1.29, 1.82) is 0 Å². The molecule has 1 saturated heterocycles. The molecular formula is C16H25N3O2. The zero-order chi connectivity index (χ0) is 15.3. The van der Waals surface area contributed by atoms with Crippen molar-refractivity contribution >= 4 is 6.03 Å². The standard InChI is InChI=1S/C16H25N3O2/c1-16(2,3)19-15(20)18-14(12-6-9-21-10-7-12)13-5-4-8-17-11-13/h4-5,8,11-12,14H,6-7,9-10H2,1-3H3,(H2,18,19,20). The van der Waals surface area contributed by atoms with Gasteiger partial charge in [-0.15, -0.1) is 0 Å². The second-order valence-corrected chi connectivity index (χ2v) is 6.56. The molecule has 5 nitrogen and oxygen atoms in total. The fourth-order valence-electron chi connectivity index (χ4n) is 2.60. The van der Waals surface area contributed by atoms with Gasteiger partial charge in [-0.25, -0.2) is 4.79 Å². The van der Waals surface area contributed by atoms with Gasteiger partial charge in [0.25, 0.3) is 0 Å². The second kappa shape index (κ2) is 6.89. The average Bonchev–Trinajstić information content (AvgIpc) is 2.45. The summed E-state index contributed by atoms with van der Waals surface area (Å²) in [5.74, 6) is 0.383. The summed E-state index contributed by atoms with van der Waals surface area (Å²) in [4.78, 5) is 16.4. The number of nitrogens with one attached hydrogen (secondary N) is 2. The molecule has 1 unspecified atom stereocenters. The van der Waals surface area contributed by atoms with Gasteiger partial charge < -0.3 is 15.4 Å². The number of ether oxygens (including phenoxy) is 1. The highest BCUT2D eigenvalue weighted by Gasteiger charge is 2.28. The van der Waals surface area contributed by atoms with Gasteiger partial charge in [0.05, 0.1) is 6.04 Å². The molecule has 1 aromatic heterocycles. The maximum atomic E-state index is 12.2. The highest BCUT2D eigenvalue weighted by molar-refractivity contribution is 5.75. The van der Waals surface area contributed by atoms with E-state index in [1.54, 1.807) is 6.20 Å². The molecule has 2 rings (SSSR count). The van der Waals surface area contributed by atoms with Crippen LogP contribution in [0.3, 0.4) is 0 Å². The molecule has 2 N–H and O–H groups in total. The van der Waals surface area contributed by atoms with Crippen LogP contribution in [0, 0.1) is 5.92 Å². The Morgan fingerprint density at radius 1 is 1.38 bits per heavy atom. The molecule has 1 fully saturated rings. The lowest BCUT2D eigenvalue weighted by atomic mass is 9.88. The van der Waals surface area contributed by atoms with Crippen molar-refractivity contribution in [3.63, 3.8) is 0 Å². The normalized spacial score (nSPS) is 18.0. The number of rotatable bonds is 3. The van der Waals surface area contributed by atoms with E-state index in [2.05, 4.69) is 15.6 Å². The molecule has 0 aromatic carbocycles. The topological polar surface area (TPSA) is 63.2 Å². The molecule has 1 aromatic rings. The highest BCUT2D eigenvalue weighted by Crippen LogP contribution is 2.29. The third-order valence-electron chi connectivity index (χ3n) is 3.56. The van der Waals surface area contributed by atoms with Gasteiger partial charge in [0.2, 0.25) is 0 Å². The average molecular weight is 291 g/mol. The molecule has 1 aliphatic rings. The summed E-state index contributed by atoms with van der Waals surface area (Å²) in [5.41, 5.74) is 0.799. The number of pyridine rings is 1. The van der Waals surface area contributed by atoms with Gasteiger partial charge in [-0.3, -0.25) is 4.98 Å². The molecule has 0 bridgehead atoms. The minimum atomic E-state index is -0.251. The minimum Gasteiger partial charge on any atom is -0.381 e. The third kappa shape index (κ3) is 5.01. The summed E-state index contributed by atoms with van der Waals surface area (Å²) in [6.45, 7) is 7.42. The van der Waals surface area contributed by atoms with Gasteiger partial charge in [0, 0.05) is 31.1 Å². The van der Waals surface area contributed by atoms with Gasteiger partial charge in [-0.2, -0.15) is 0 Å². The Morgan fingerprint density at radius 2 is 2.10 bits per heavy atom. The van der Waals surface area contributed by atoms with Crippen LogP contribution in [0.2, 0.25) is 0 Å². The molecule has 0 aliphatic carbocycles. The van der Waals surface area contributed by atoms with E-state index >= 15 is 0 Å². The summed E-state index contributed by atoms with van der Waals surface area (Å²) in [6, 6.07) is 3.77. The van der Waals surface area contributed by atoms with Crippen molar-refractivity contribution in [3.8, 4) is 0 Å². The first-order valence-corrected chi connectivity index (χ1v) is 7.52. The Morgan fingerprint density at radius 3 is 2.67 bits per heavy atom. The maximum absolute atomic E-state index is 12.2. The van der Waals surface area contributed by atoms with E-state index in [1.807, 2.05) is 39.1 Å². The van der Waals surface area contributed by atoms with Crippen molar-refractivity contribution in [1.82, 2.24) is 15.6 Å². The van der Waals surface area contributed by atoms with E-state index < -0.39 is 0 Å². The smallest absolute Gasteiger partial charge is 0.315 e. The molecule has 0 spiro atoms. The summed E-state index contributed by atoms with van der Waals surface area (Å²) >= 11 is 0. The van der Waals surface area contributed by atoms with Crippen LogP contribution < -0.4 is 10.6 Å². The van der Waals surface area contributed by atoms with E-state index in [-0.39, 0.29) is 17.6 Å². The van der Waals surface area contributed by atoms with E-state index in [1.165, 1.54) is 0 Å². The van der Waals surface area contributed by atoms with Gasteiger partial charge in [0.1, 0.15) is 0 Å². The predicted octanol–water partition coefficient (Wildman–Crippen LogP) is 2.65. The van der Waals surface area contributed by atoms with E-state index in [9.17, 15) is 4.79 Å². The van der Waals surface area contributed by atoms with Crippen LogP contribution in [-0.2, 0) is 4.74 Å². The zero-order valence-electron chi connectivity index (χ0n) is 13.1. The Bertz CT molecular complexity index is 450. The first kappa shape index (κ1) is 15.8. The number of carbonyl (C=O) groups is 1. The number of amides is 2. The second-order valence-electron chi connectivity index (χ2n) is 6.56. The van der Waals surface area contributed by atoms with Crippen LogP contribution >= 0.6 is 0 Å². The SMILES string of the molecule is CC(C)(C)NC(=O)NC(c1cccnc1)C1CCOCC1. The molecule has 1 atom stereocenters. The van der Waals surface area contributed by atoms with Crippen LogP contribution in [0.25, 0.3) is 0 Å². The number of hydrogen-bond acceptors (Lipinski definition) is 3. The Hall–Kier alpha value is -1.62. The number of aromatic nitrogens is 1. The molecule has 21 heavy (non-hydrogen) atoms. The third-order valence-corrected chi connectivity index (χ3v) is 3.56. The van der Waals surface area contributed by atoms with Gasteiger partial charge in [-0.05, 0) is 51.2 Å². The predicted molar refractivity (Wildman–Crippen MR) is 81.9 cm³/mol. The summed E-state index contributed by atoms with van der Waals surface area (Å²) in [5, 5.41) is 6.07. The summed E-state index contributed by atoms with van der Waals surface area (Å²) < 4.78 is 5.43. The summed E-state index contributed by atoms with van der Waals surface area (Å²) in [7, 11) is 0. The monoisotopic (exact) mass is 291 g/mol. The van der Waals surface area contributed by atoms with Gasteiger partial charge in [-0.1, -0.05) is 6.07 Å². The number of hydrogen-bond donors (Lipinski definition) is 2. The lowest BCUT2D eigenvalue weighted by molar-refractivity contribution is 0.0546. The fraction of sp³-hybridized carbons (Fsp3) is 0.625. The van der Waals surface area contributed by atoms with Crippen molar-refractivity contribution in [2.45, 2.75) is 45.2 Å². The van der Waals surface area contributed by atoms with E-state index in [0.717, 1.165) is 31.6 Å². The Kier molecular flexibility index (Phi) is 5.17. The largest absolute Gasteiger partial charge is 0.381 e. The molecule has 2 heterocycles. The van der Waals surface area contributed by atoms with Crippen LogP contribution in [0.4, 0.5) is 4.79 Å². The van der Waals surface area contributed by atoms with Crippen LogP contribution in [-0.4, -0.2) is 29.8 Å². The summed E-state index contributed by atoms with van der Waals surface area (Å²) in [6.07, 6.45) is 5.49. The first-order chi connectivity index (χ1) is 9.96. The lowest BCUT2D eigenvalue weighted by Crippen LogP contribution is -2.48. The maximum Gasteiger partial charge on any atom is 0.315 e. The molecule has 116 valence electrons. The molecular weight excluding hydrogens is 266 g/mol. The van der Waals surface area contributed by atoms with Crippen LogP contribution in [0.1, 0.15) is 45.2 Å². The van der Waals surface area contributed by atoms with Crippen LogP contribution in [0.15, 0.2) is 24.5 Å². The number of carbonyl (C=O) groups excluding carboxylic acids is 1. The lowest BCUT2D eigenvalue weighted by Gasteiger charge is -2.32. The Balaban J connectivity index is 2.10. The van der Waals surface area contributed by atoms with Crippen LogP contribution in [0.5, 0.6) is 0 Å². The molecule has 5 heteroatoms. The van der Waals surface area contributed by atoms with Crippen molar-refractivity contribution < 1.29 is 9.53 Å². The van der Waals surface area contributed by atoms with Crippen molar-refractivity contribution in [3.05, 3.63) is 30.1 Å². The van der Waals surface area contributed by atoms with E-state index in [4.69, 9.17) is 4.74 Å². The minimum absolute atomic E-state index is 0.0232. The molecule has 0 saturated carbocycles. The molecule has 2 amide bonds. The van der Waals surface area contributed by atoms with E-state index in [0.29, 0.717) is 5.92 Å². The Labute approximate surface area is 126 Å². The van der Waals surface area contributed by atoms with Gasteiger partial charge in [0.15, 0.2) is 0 Å². The zero-order valence-corrected chi connectivity index (χ0v) is 13.1. The highest BCUT2D eigenvalue weighted by atomic mass is 16.5. The quantitative estimate of drug-likeness (QED) is 0.900. The van der Waals surface area contributed by atoms with Gasteiger partial charge >= 0.3 is 6.03 Å². The fourth-order valence-corrected chi connectivity index (χ4v) is 2.60. The first-order valence-electron chi connectivity index (χ1n) is 7.52. The molecule has 1 aliphatic heterocycles. The van der Waals surface area contributed by atoms with Crippen molar-refractivity contribution in [2.24, 2.45) is 5.92 Å². The number of nitrogens with zero attached hydrogens (tertiary/aromatic N) is 1. The number of urea groups is 1. The van der Waals surface area contributed by atoms with Crippen molar-refractivity contribution in [2.75, 3.05) is 13.2 Å².